The molecule has 1 aliphatic rings. The normalized spacial score (nSPS) is 15.3. The lowest BCUT2D eigenvalue weighted by Crippen LogP contribution is -2.40. The first-order valence-corrected chi connectivity index (χ1v) is 12.0. The number of carbonyl (C=O) groups is 2. The molecule has 1 saturated heterocycles. The quantitative estimate of drug-likeness (QED) is 0.410. The summed E-state index contributed by atoms with van der Waals surface area (Å²) in [7, 11) is -3.96. The number of morpholine rings is 1. The van der Waals surface area contributed by atoms with E-state index in [2.05, 4.69) is 10.1 Å². The second kappa shape index (κ2) is 10.8. The Balaban J connectivity index is 1.73. The summed E-state index contributed by atoms with van der Waals surface area (Å²) in [5.74, 6) is -2.71. The summed E-state index contributed by atoms with van der Waals surface area (Å²) in [5.41, 5.74) is -4.73. The van der Waals surface area contributed by atoms with Gasteiger partial charge in [-0.3, -0.25) is 4.79 Å². The van der Waals surface area contributed by atoms with Gasteiger partial charge in [-0.15, -0.1) is 0 Å². The van der Waals surface area contributed by atoms with Crippen LogP contribution in [0.3, 0.4) is 0 Å². The van der Waals surface area contributed by atoms with Crippen LogP contribution in [0.4, 0.5) is 32.0 Å². The fourth-order valence-corrected chi connectivity index (χ4v) is 4.77. The largest absolute Gasteiger partial charge is 0.452 e. The lowest BCUT2D eigenvalue weighted by atomic mass is 10.0. The zero-order valence-corrected chi connectivity index (χ0v) is 20.0. The molecule has 0 atom stereocenters. The number of benzene rings is 2. The van der Waals surface area contributed by atoms with Crippen LogP contribution in [0.5, 0.6) is 0 Å². The zero-order valence-electron chi connectivity index (χ0n) is 18.5. The van der Waals surface area contributed by atoms with Gasteiger partial charge in [-0.1, -0.05) is 11.6 Å². The standard InChI is InChI=1S/C21H17ClF6N2O6S/c22-16-2-1-15(37(33,34)30-3-5-35-6-4-30)10-17(16)29-18(31)11-36-19(32)12-7-13(20(23,24)25)9-14(8-12)21(26,27)28/h1-2,7-10H,3-6,11H2,(H,29,31). The second-order valence-electron chi connectivity index (χ2n) is 7.58. The van der Waals surface area contributed by atoms with E-state index < -0.39 is 57.5 Å². The molecule has 0 aromatic heterocycles. The molecule has 37 heavy (non-hydrogen) atoms. The molecule has 1 heterocycles. The van der Waals surface area contributed by atoms with Gasteiger partial charge < -0.3 is 14.8 Å². The van der Waals surface area contributed by atoms with Crippen LogP contribution in [0.2, 0.25) is 5.02 Å². The highest BCUT2D eigenvalue weighted by atomic mass is 35.5. The predicted molar refractivity (Wildman–Crippen MR) is 116 cm³/mol. The molecular weight excluding hydrogens is 558 g/mol. The van der Waals surface area contributed by atoms with Gasteiger partial charge >= 0.3 is 18.3 Å². The SMILES string of the molecule is O=C(COC(=O)c1cc(C(F)(F)F)cc(C(F)(F)F)c1)Nc1cc(S(=O)(=O)N2CCOCC2)ccc1Cl. The van der Waals surface area contributed by atoms with Gasteiger partial charge in [-0.25, -0.2) is 13.2 Å². The topological polar surface area (TPSA) is 102 Å². The number of rotatable bonds is 6. The number of amides is 1. The number of ether oxygens (including phenoxy) is 2. The first-order valence-electron chi connectivity index (χ1n) is 10.2. The molecule has 0 unspecified atom stereocenters. The zero-order chi connectivity index (χ0) is 27.6. The Morgan fingerprint density at radius 2 is 1.54 bits per heavy atom. The number of halogens is 7. The summed E-state index contributed by atoms with van der Waals surface area (Å²) in [6, 6.07) is 3.60. The third-order valence-corrected chi connectivity index (χ3v) is 7.20. The number of hydrogen-bond acceptors (Lipinski definition) is 6. The van der Waals surface area contributed by atoms with Crippen molar-refractivity contribution in [3.63, 3.8) is 0 Å². The smallest absolute Gasteiger partial charge is 0.416 e. The van der Waals surface area contributed by atoms with Crippen molar-refractivity contribution in [2.45, 2.75) is 17.2 Å². The predicted octanol–water partition coefficient (Wildman–Crippen LogP) is 4.19. The molecular formula is C21H17ClF6N2O6S. The van der Waals surface area contributed by atoms with Crippen LogP contribution < -0.4 is 5.32 Å². The maximum atomic E-state index is 13.0. The molecule has 202 valence electrons. The number of alkyl halides is 6. The summed E-state index contributed by atoms with van der Waals surface area (Å²) in [4.78, 5) is 24.1. The van der Waals surface area contributed by atoms with Crippen LogP contribution in [0.1, 0.15) is 21.5 Å². The van der Waals surface area contributed by atoms with Crippen LogP contribution in [0.15, 0.2) is 41.3 Å². The van der Waals surface area contributed by atoms with Crippen molar-refractivity contribution in [2.24, 2.45) is 0 Å². The first kappa shape index (κ1) is 28.7. The van der Waals surface area contributed by atoms with Crippen molar-refractivity contribution in [3.05, 3.63) is 58.1 Å². The van der Waals surface area contributed by atoms with Gasteiger partial charge in [0.25, 0.3) is 5.91 Å². The van der Waals surface area contributed by atoms with Gasteiger partial charge in [0.05, 0.1) is 45.5 Å². The average Bonchev–Trinajstić information content (AvgIpc) is 2.83. The van der Waals surface area contributed by atoms with Gasteiger partial charge in [0.1, 0.15) is 0 Å². The van der Waals surface area contributed by atoms with Crippen molar-refractivity contribution in [3.8, 4) is 0 Å². The van der Waals surface area contributed by atoms with E-state index >= 15 is 0 Å². The summed E-state index contributed by atoms with van der Waals surface area (Å²) in [6.07, 6.45) is -10.4. The van der Waals surface area contributed by atoms with E-state index in [9.17, 15) is 44.3 Å². The molecule has 0 radical (unpaired) electrons. The van der Waals surface area contributed by atoms with Gasteiger partial charge in [0.15, 0.2) is 6.61 Å². The van der Waals surface area contributed by atoms with Crippen molar-refractivity contribution < 1.29 is 53.8 Å². The summed E-state index contributed by atoms with van der Waals surface area (Å²) in [6.45, 7) is -0.522. The Morgan fingerprint density at radius 1 is 0.973 bits per heavy atom. The number of carbonyl (C=O) groups excluding carboxylic acids is 2. The molecule has 0 saturated carbocycles. The van der Waals surface area contributed by atoms with Crippen LogP contribution in [-0.2, 0) is 36.6 Å². The highest BCUT2D eigenvalue weighted by Gasteiger charge is 2.37. The Morgan fingerprint density at radius 3 is 2.08 bits per heavy atom. The van der Waals surface area contributed by atoms with Crippen molar-refractivity contribution in [1.82, 2.24) is 4.31 Å². The summed E-state index contributed by atoms with van der Waals surface area (Å²) < 4.78 is 114. The Labute approximate surface area is 211 Å². The molecule has 8 nitrogen and oxygen atoms in total. The van der Waals surface area contributed by atoms with Crippen molar-refractivity contribution in [2.75, 3.05) is 38.2 Å². The van der Waals surface area contributed by atoms with Gasteiger partial charge in [0, 0.05) is 13.1 Å². The van der Waals surface area contributed by atoms with E-state index in [1.165, 1.54) is 12.1 Å². The molecule has 1 aliphatic heterocycles. The maximum absolute atomic E-state index is 13.0. The Hall–Kier alpha value is -2.88. The molecule has 0 bridgehead atoms. The third-order valence-electron chi connectivity index (χ3n) is 4.98. The Kier molecular flexibility index (Phi) is 8.41. The maximum Gasteiger partial charge on any atom is 0.416 e. The fourth-order valence-electron chi connectivity index (χ4n) is 3.17. The minimum Gasteiger partial charge on any atom is -0.452 e. The van der Waals surface area contributed by atoms with Gasteiger partial charge in [-0.05, 0) is 36.4 Å². The molecule has 2 aromatic carbocycles. The number of nitrogens with one attached hydrogen (secondary N) is 1. The van der Waals surface area contributed by atoms with E-state index in [1.807, 2.05) is 0 Å². The average molecular weight is 575 g/mol. The highest BCUT2D eigenvalue weighted by Crippen LogP contribution is 2.36. The van der Waals surface area contributed by atoms with E-state index in [-0.39, 0.29) is 60.1 Å². The van der Waals surface area contributed by atoms with Crippen LogP contribution >= 0.6 is 11.6 Å². The van der Waals surface area contributed by atoms with E-state index in [1.54, 1.807) is 0 Å². The Bertz CT molecular complexity index is 1260. The monoisotopic (exact) mass is 574 g/mol. The van der Waals surface area contributed by atoms with Crippen LogP contribution in [0, 0.1) is 0 Å². The van der Waals surface area contributed by atoms with Gasteiger partial charge in [0.2, 0.25) is 10.0 Å². The van der Waals surface area contributed by atoms with Crippen LogP contribution in [-0.4, -0.2) is 57.5 Å². The number of esters is 1. The summed E-state index contributed by atoms with van der Waals surface area (Å²) >= 11 is 5.99. The first-order chi connectivity index (χ1) is 17.1. The molecule has 0 aliphatic carbocycles. The van der Waals surface area contributed by atoms with E-state index in [0.29, 0.717) is 0 Å². The molecule has 1 N–H and O–H groups in total. The molecule has 2 aromatic rings. The number of nitrogens with zero attached hydrogens (tertiary/aromatic N) is 1. The fraction of sp³-hybridized carbons (Fsp3) is 0.333. The molecule has 16 heteroatoms. The lowest BCUT2D eigenvalue weighted by Gasteiger charge is -2.26. The van der Waals surface area contributed by atoms with Gasteiger partial charge in [-0.2, -0.15) is 30.6 Å². The van der Waals surface area contributed by atoms with E-state index in [4.69, 9.17) is 16.3 Å². The number of sulfonamides is 1. The second-order valence-corrected chi connectivity index (χ2v) is 9.92. The van der Waals surface area contributed by atoms with Crippen molar-refractivity contribution >= 4 is 39.2 Å². The van der Waals surface area contributed by atoms with E-state index in [0.717, 1.165) is 10.4 Å². The van der Waals surface area contributed by atoms with Crippen LogP contribution in [0.25, 0.3) is 0 Å². The third kappa shape index (κ3) is 7.12. The number of anilines is 1. The highest BCUT2D eigenvalue weighted by molar-refractivity contribution is 7.89. The molecule has 1 amide bonds. The lowest BCUT2D eigenvalue weighted by molar-refractivity contribution is -0.143. The molecule has 0 spiro atoms. The van der Waals surface area contributed by atoms with Crippen molar-refractivity contribution in [1.29, 1.82) is 0 Å². The molecule has 1 fully saturated rings. The number of hydrogen-bond donors (Lipinski definition) is 1. The molecule has 3 rings (SSSR count). The minimum atomic E-state index is -5.18. The summed E-state index contributed by atoms with van der Waals surface area (Å²) in [5, 5.41) is 2.10. The minimum absolute atomic E-state index is 0.0895.